The Labute approximate surface area is 283 Å². The highest BCUT2D eigenvalue weighted by Gasteiger charge is 2.23. The number of hydrogen-bond donors (Lipinski definition) is 4. The minimum absolute atomic E-state index is 0.0133. The molecule has 1 saturated heterocycles. The van der Waals surface area contributed by atoms with Crippen LogP contribution in [0.15, 0.2) is 88.5 Å². The van der Waals surface area contributed by atoms with Gasteiger partial charge in [-0.25, -0.2) is 8.78 Å². The smallest absolute Gasteiger partial charge is 0.261 e. The van der Waals surface area contributed by atoms with Gasteiger partial charge in [-0.1, -0.05) is 28.1 Å². The summed E-state index contributed by atoms with van der Waals surface area (Å²) in [4.78, 5) is 27.2. The van der Waals surface area contributed by atoms with Crippen molar-refractivity contribution in [1.82, 2.24) is 9.88 Å². The van der Waals surface area contributed by atoms with Gasteiger partial charge in [-0.2, -0.15) is 0 Å². The van der Waals surface area contributed by atoms with Crippen molar-refractivity contribution in [3.8, 4) is 22.6 Å². The van der Waals surface area contributed by atoms with Crippen LogP contribution in [0.2, 0.25) is 0 Å². The Morgan fingerprint density at radius 3 is 2.54 bits per heavy atom. The maximum Gasteiger partial charge on any atom is 0.261 e. The van der Waals surface area contributed by atoms with Gasteiger partial charge in [0.25, 0.3) is 5.91 Å². The van der Waals surface area contributed by atoms with Gasteiger partial charge in [0.1, 0.15) is 23.4 Å². The number of aromatic hydroxyl groups is 1. The van der Waals surface area contributed by atoms with Gasteiger partial charge in [0.15, 0.2) is 11.5 Å². The molecule has 4 aromatic rings. The Kier molecular flexibility index (Phi) is 9.76. The summed E-state index contributed by atoms with van der Waals surface area (Å²) in [6.07, 6.45) is 7.36. The maximum absolute atomic E-state index is 15.7. The summed E-state index contributed by atoms with van der Waals surface area (Å²) < 4.78 is 43.6. The highest BCUT2D eigenvalue weighted by atomic mass is 79.9. The summed E-state index contributed by atoms with van der Waals surface area (Å²) in [7, 11) is 1.45. The molecule has 0 spiro atoms. The van der Waals surface area contributed by atoms with Gasteiger partial charge in [-0.3, -0.25) is 9.59 Å². The number of nitrogens with two attached hydrogens (primary N) is 1. The van der Waals surface area contributed by atoms with Crippen molar-refractivity contribution in [3.63, 3.8) is 0 Å². The molecule has 248 valence electrons. The Morgan fingerprint density at radius 1 is 1.06 bits per heavy atom. The number of halogens is 3. The normalized spacial score (nSPS) is 16.5. The predicted octanol–water partition coefficient (Wildman–Crippen LogP) is 6.26. The zero-order valence-corrected chi connectivity index (χ0v) is 27.5. The lowest BCUT2D eigenvalue weighted by Crippen LogP contribution is -2.37. The zero-order chi connectivity index (χ0) is 33.9. The van der Waals surface area contributed by atoms with Gasteiger partial charge in [0.2, 0.25) is 5.43 Å². The number of methoxy groups -OCH3 is 1. The van der Waals surface area contributed by atoms with E-state index in [4.69, 9.17) is 15.2 Å². The van der Waals surface area contributed by atoms with Gasteiger partial charge in [0.05, 0.1) is 7.11 Å². The standard InChI is InChI=1S/C36H33BrF2N4O5/c1-47-33-13-21(2-7-32(33)44)22-12-27(35(40)41-16-22)25-6-4-24(15-31(25)39)42-36(46)29-19-43(17-20-8-10-48-11-9-20)18-28(34(29)45)26-5-3-23(37)14-30(26)38/h2-7,12-16,18-20,35,41,44H,8-11,17,40H2,1H3,(H,42,46). The van der Waals surface area contributed by atoms with E-state index in [1.54, 1.807) is 41.2 Å². The first-order valence-corrected chi connectivity index (χ1v) is 16.1. The molecule has 2 aliphatic rings. The number of phenols is 1. The molecule has 6 rings (SSSR count). The van der Waals surface area contributed by atoms with Gasteiger partial charge < -0.3 is 35.5 Å². The van der Waals surface area contributed by atoms with E-state index >= 15 is 8.78 Å². The Morgan fingerprint density at radius 2 is 1.81 bits per heavy atom. The molecule has 1 amide bonds. The van der Waals surface area contributed by atoms with Crippen molar-refractivity contribution in [1.29, 1.82) is 0 Å². The third-order valence-electron chi connectivity index (χ3n) is 8.47. The lowest BCUT2D eigenvalue weighted by molar-refractivity contribution is 0.0612. The molecule has 0 aliphatic carbocycles. The Balaban J connectivity index is 1.29. The molecule has 2 aliphatic heterocycles. The molecule has 5 N–H and O–H groups in total. The number of ether oxygens (including phenoxy) is 2. The summed E-state index contributed by atoms with van der Waals surface area (Å²) >= 11 is 3.24. The molecule has 12 heteroatoms. The van der Waals surface area contributed by atoms with Crippen LogP contribution in [0.3, 0.4) is 0 Å². The van der Waals surface area contributed by atoms with Crippen LogP contribution in [0, 0.1) is 17.6 Å². The number of amides is 1. The second kappa shape index (κ2) is 14.1. The number of nitrogens with one attached hydrogen (secondary N) is 2. The molecular formula is C36H33BrF2N4O5. The fraction of sp³-hybridized carbons (Fsp3) is 0.222. The number of carbonyl (C=O) groups excluding carboxylic acids is 1. The van der Waals surface area contributed by atoms with Gasteiger partial charge >= 0.3 is 0 Å². The van der Waals surface area contributed by atoms with Crippen LogP contribution in [0.1, 0.15) is 34.3 Å². The van der Waals surface area contributed by atoms with E-state index in [0.29, 0.717) is 40.9 Å². The highest BCUT2D eigenvalue weighted by Crippen LogP contribution is 2.34. The van der Waals surface area contributed by atoms with E-state index in [0.717, 1.165) is 18.9 Å². The summed E-state index contributed by atoms with van der Waals surface area (Å²) in [5, 5.41) is 15.6. The molecule has 1 unspecified atom stereocenters. The molecule has 0 saturated carbocycles. The quantitative estimate of drug-likeness (QED) is 0.169. The van der Waals surface area contributed by atoms with E-state index in [1.165, 1.54) is 43.6 Å². The Bertz CT molecular complexity index is 2010. The summed E-state index contributed by atoms with van der Waals surface area (Å²) in [5.74, 6) is -1.49. The predicted molar refractivity (Wildman–Crippen MR) is 183 cm³/mol. The average Bonchev–Trinajstić information content (AvgIpc) is 3.07. The van der Waals surface area contributed by atoms with Crippen LogP contribution in [-0.4, -0.2) is 42.1 Å². The first-order chi connectivity index (χ1) is 23.1. The molecule has 1 fully saturated rings. The fourth-order valence-electron chi connectivity index (χ4n) is 5.89. The van der Waals surface area contributed by atoms with E-state index in [-0.39, 0.29) is 45.4 Å². The molecule has 48 heavy (non-hydrogen) atoms. The monoisotopic (exact) mass is 718 g/mol. The first-order valence-electron chi connectivity index (χ1n) is 15.3. The lowest BCUT2D eigenvalue weighted by atomic mass is 9.94. The largest absolute Gasteiger partial charge is 0.504 e. The number of pyridine rings is 1. The van der Waals surface area contributed by atoms with Crippen LogP contribution < -0.4 is 26.5 Å². The minimum atomic E-state index is -0.756. The average molecular weight is 720 g/mol. The Hall–Kier alpha value is -4.78. The number of anilines is 1. The third kappa shape index (κ3) is 7.05. The van der Waals surface area contributed by atoms with Crippen molar-refractivity contribution in [2.24, 2.45) is 11.7 Å². The highest BCUT2D eigenvalue weighted by molar-refractivity contribution is 9.10. The topological polar surface area (TPSA) is 128 Å². The molecular weight excluding hydrogens is 686 g/mol. The number of hydrogen-bond acceptors (Lipinski definition) is 7. The fourth-order valence-corrected chi connectivity index (χ4v) is 6.22. The minimum Gasteiger partial charge on any atom is -0.504 e. The van der Waals surface area contributed by atoms with E-state index < -0.39 is 29.1 Å². The van der Waals surface area contributed by atoms with Crippen molar-refractivity contribution in [3.05, 3.63) is 122 Å². The molecule has 1 atom stereocenters. The lowest BCUT2D eigenvalue weighted by Gasteiger charge is -2.24. The van der Waals surface area contributed by atoms with Crippen LogP contribution in [0.25, 0.3) is 22.3 Å². The molecule has 1 aromatic heterocycles. The van der Waals surface area contributed by atoms with Gasteiger partial charge in [-0.05, 0) is 84.0 Å². The number of benzene rings is 3. The summed E-state index contributed by atoms with van der Waals surface area (Å²) in [6.45, 7) is 1.75. The third-order valence-corrected chi connectivity index (χ3v) is 8.96. The van der Waals surface area contributed by atoms with Crippen molar-refractivity contribution in [2.75, 3.05) is 25.6 Å². The van der Waals surface area contributed by atoms with E-state index in [9.17, 15) is 14.7 Å². The van der Waals surface area contributed by atoms with Crippen molar-refractivity contribution >= 4 is 38.7 Å². The number of aromatic nitrogens is 1. The number of rotatable bonds is 8. The van der Waals surface area contributed by atoms with Crippen molar-refractivity contribution < 1.29 is 28.2 Å². The number of dihydropyridines is 1. The first kappa shape index (κ1) is 33.1. The SMILES string of the molecule is COc1cc(C2=CNC(N)C(c3ccc(NC(=O)c4cn(CC5CCOCC5)cc(-c5ccc(Br)cc5F)c4=O)cc3F)=C2)ccc1O. The number of nitrogens with zero attached hydrogens (tertiary/aromatic N) is 1. The molecule has 9 nitrogen and oxygen atoms in total. The van der Waals surface area contributed by atoms with Crippen LogP contribution in [0.5, 0.6) is 11.5 Å². The van der Waals surface area contributed by atoms with Crippen LogP contribution in [-0.2, 0) is 11.3 Å². The number of phenolic OH excluding ortho intramolecular Hbond substituents is 1. The van der Waals surface area contributed by atoms with Crippen LogP contribution >= 0.6 is 15.9 Å². The van der Waals surface area contributed by atoms with Gasteiger partial charge in [-0.15, -0.1) is 0 Å². The number of carbonyl (C=O) groups is 1. The molecule has 3 heterocycles. The second-order valence-corrected chi connectivity index (χ2v) is 12.6. The van der Waals surface area contributed by atoms with Gasteiger partial charge in [0, 0.05) is 65.2 Å². The molecule has 0 bridgehead atoms. The summed E-state index contributed by atoms with van der Waals surface area (Å²) in [5.41, 5.74) is 7.70. The molecule has 3 aromatic carbocycles. The second-order valence-electron chi connectivity index (χ2n) is 11.7. The van der Waals surface area contributed by atoms with Crippen molar-refractivity contribution in [2.45, 2.75) is 25.6 Å². The van der Waals surface area contributed by atoms with E-state index in [2.05, 4.69) is 26.6 Å². The van der Waals surface area contributed by atoms with Crippen LogP contribution in [0.4, 0.5) is 14.5 Å². The summed E-state index contributed by atoms with van der Waals surface area (Å²) in [6, 6.07) is 13.4. The van der Waals surface area contributed by atoms with E-state index in [1.807, 2.05) is 0 Å². The maximum atomic E-state index is 15.7. The molecule has 0 radical (unpaired) electrons. The number of allylic oxidation sites excluding steroid dienone is 2. The zero-order valence-electron chi connectivity index (χ0n) is 25.9.